The Labute approximate surface area is 141 Å². The van der Waals surface area contributed by atoms with Crippen LogP contribution in [0.3, 0.4) is 0 Å². The predicted molar refractivity (Wildman–Crippen MR) is 92.1 cm³/mol. The number of thioether (sulfide) groups is 2. The number of benzene rings is 1. The number of carbonyl (C=O) groups excluding carboxylic acids is 2. The summed E-state index contributed by atoms with van der Waals surface area (Å²) in [5, 5.41) is 10.8. The Morgan fingerprint density at radius 2 is 1.77 bits per heavy atom. The van der Waals surface area contributed by atoms with Crippen molar-refractivity contribution in [2.75, 3.05) is 16.8 Å². The summed E-state index contributed by atoms with van der Waals surface area (Å²) in [5.41, 5.74) is 1.30. The Balaban J connectivity index is 1.89. The normalized spacial score (nSPS) is 10.5. The van der Waals surface area contributed by atoms with E-state index in [1.54, 1.807) is 36.0 Å². The Hall–Kier alpha value is -1.38. The lowest BCUT2D eigenvalue weighted by atomic mass is 10.1. The molecule has 5 nitrogen and oxygen atoms in total. The summed E-state index contributed by atoms with van der Waals surface area (Å²) >= 11 is 4.55. The van der Waals surface area contributed by atoms with E-state index in [1.165, 1.54) is 30.0 Å². The number of nitrogens with one attached hydrogen (secondary N) is 1. The summed E-state index contributed by atoms with van der Waals surface area (Å²) in [6.45, 7) is 3.51. The quantitative estimate of drug-likeness (QED) is 0.606. The van der Waals surface area contributed by atoms with Crippen molar-refractivity contribution in [1.82, 2.24) is 10.2 Å². The molecule has 0 saturated carbocycles. The van der Waals surface area contributed by atoms with Crippen LogP contribution in [-0.2, 0) is 4.79 Å². The van der Waals surface area contributed by atoms with Crippen molar-refractivity contribution in [1.29, 1.82) is 0 Å². The molecule has 0 unspecified atom stereocenters. The first-order valence-corrected chi connectivity index (χ1v) is 9.37. The molecule has 1 aromatic heterocycles. The van der Waals surface area contributed by atoms with E-state index in [4.69, 9.17) is 0 Å². The number of ketones is 1. The third-order valence-corrected chi connectivity index (χ3v) is 5.58. The van der Waals surface area contributed by atoms with Crippen LogP contribution in [0.2, 0.25) is 0 Å². The average Bonchev–Trinajstić information content (AvgIpc) is 2.93. The number of hydrogen-bond donors (Lipinski definition) is 1. The Bertz CT molecular complexity index is 656. The zero-order valence-electron chi connectivity index (χ0n) is 12.2. The van der Waals surface area contributed by atoms with Crippen molar-refractivity contribution in [3.63, 3.8) is 0 Å². The van der Waals surface area contributed by atoms with Gasteiger partial charge in [0.25, 0.3) is 0 Å². The summed E-state index contributed by atoms with van der Waals surface area (Å²) in [6.07, 6.45) is 0. The van der Waals surface area contributed by atoms with Crippen molar-refractivity contribution in [3.8, 4) is 0 Å². The van der Waals surface area contributed by atoms with Gasteiger partial charge < -0.3 is 5.32 Å². The molecule has 0 radical (unpaired) electrons. The van der Waals surface area contributed by atoms with Gasteiger partial charge in [0.15, 0.2) is 14.5 Å². The average molecular weight is 353 g/mol. The second-order valence-corrected chi connectivity index (χ2v) is 7.95. The van der Waals surface area contributed by atoms with Gasteiger partial charge in [-0.1, -0.05) is 41.8 Å². The molecule has 1 heterocycles. The first-order valence-electron chi connectivity index (χ1n) is 6.58. The van der Waals surface area contributed by atoms with Crippen LogP contribution >= 0.6 is 34.9 Å². The molecule has 116 valence electrons. The van der Waals surface area contributed by atoms with Crippen LogP contribution in [0, 0.1) is 0 Å². The SMILES string of the molecule is CCSc1nnc(SCC(=O)c2ccc(NC(C)=O)cc2)s1. The van der Waals surface area contributed by atoms with Crippen molar-refractivity contribution in [2.45, 2.75) is 22.5 Å². The number of hydrogen-bond acceptors (Lipinski definition) is 7. The second-order valence-electron chi connectivity index (χ2n) is 4.24. The minimum Gasteiger partial charge on any atom is -0.326 e. The molecule has 0 saturated heterocycles. The molecule has 2 rings (SSSR count). The van der Waals surface area contributed by atoms with Gasteiger partial charge >= 0.3 is 0 Å². The monoisotopic (exact) mass is 353 g/mol. The van der Waals surface area contributed by atoms with Gasteiger partial charge in [-0.25, -0.2) is 0 Å². The molecule has 1 N–H and O–H groups in total. The fraction of sp³-hybridized carbons (Fsp3) is 0.286. The smallest absolute Gasteiger partial charge is 0.221 e. The van der Waals surface area contributed by atoms with E-state index in [9.17, 15) is 9.59 Å². The third-order valence-electron chi connectivity index (χ3n) is 2.51. The van der Waals surface area contributed by atoms with Crippen LogP contribution in [0.4, 0.5) is 5.69 Å². The molecule has 1 amide bonds. The van der Waals surface area contributed by atoms with Crippen LogP contribution in [0.5, 0.6) is 0 Å². The molecule has 1 aromatic carbocycles. The lowest BCUT2D eigenvalue weighted by Crippen LogP contribution is -2.06. The maximum absolute atomic E-state index is 12.1. The van der Waals surface area contributed by atoms with Crippen molar-refractivity contribution < 1.29 is 9.59 Å². The topological polar surface area (TPSA) is 72.0 Å². The molecule has 0 spiro atoms. The minimum absolute atomic E-state index is 0.0271. The largest absolute Gasteiger partial charge is 0.326 e. The first kappa shape index (κ1) is 17.0. The van der Waals surface area contributed by atoms with E-state index in [2.05, 4.69) is 22.4 Å². The van der Waals surface area contributed by atoms with Gasteiger partial charge in [0.05, 0.1) is 5.75 Å². The molecule has 0 atom stereocenters. The summed E-state index contributed by atoms with van der Waals surface area (Å²) in [7, 11) is 0. The van der Waals surface area contributed by atoms with Crippen molar-refractivity contribution in [2.24, 2.45) is 0 Å². The van der Waals surface area contributed by atoms with Gasteiger partial charge in [-0.05, 0) is 30.0 Å². The zero-order valence-corrected chi connectivity index (χ0v) is 14.6. The predicted octanol–water partition coefficient (Wildman–Crippen LogP) is 3.58. The lowest BCUT2D eigenvalue weighted by molar-refractivity contribution is -0.114. The number of Topliss-reactive ketones (excluding diaryl/α,β-unsaturated/α-hetero) is 1. The number of nitrogens with zero attached hydrogens (tertiary/aromatic N) is 2. The molecular formula is C14H15N3O2S3. The third kappa shape index (κ3) is 5.11. The summed E-state index contributed by atoms with van der Waals surface area (Å²) in [4.78, 5) is 23.1. The fourth-order valence-corrected chi connectivity index (χ4v) is 4.40. The van der Waals surface area contributed by atoms with Crippen molar-refractivity contribution >= 4 is 52.2 Å². The molecule has 0 fully saturated rings. The Kier molecular flexibility index (Phi) is 6.41. The summed E-state index contributed by atoms with van der Waals surface area (Å²) in [6, 6.07) is 6.87. The molecule has 0 bridgehead atoms. The summed E-state index contributed by atoms with van der Waals surface area (Å²) < 4.78 is 1.73. The van der Waals surface area contributed by atoms with E-state index in [0.29, 0.717) is 17.0 Å². The fourth-order valence-electron chi connectivity index (χ4n) is 1.59. The number of anilines is 1. The Morgan fingerprint density at radius 1 is 1.14 bits per heavy atom. The van der Waals surface area contributed by atoms with E-state index in [0.717, 1.165) is 14.4 Å². The van der Waals surface area contributed by atoms with Crippen LogP contribution in [0.25, 0.3) is 0 Å². The number of amides is 1. The standard InChI is InChI=1S/C14H15N3O2S3/c1-3-20-13-16-17-14(22-13)21-8-12(19)10-4-6-11(7-5-10)15-9(2)18/h4-7H,3,8H2,1-2H3,(H,15,18). The Morgan fingerprint density at radius 3 is 2.36 bits per heavy atom. The number of carbonyl (C=O) groups is 2. The molecule has 0 aliphatic heterocycles. The van der Waals surface area contributed by atoms with E-state index >= 15 is 0 Å². The van der Waals surface area contributed by atoms with Gasteiger partial charge in [-0.3, -0.25) is 9.59 Å². The number of rotatable bonds is 7. The minimum atomic E-state index is -0.133. The highest BCUT2D eigenvalue weighted by atomic mass is 32.2. The molecular weight excluding hydrogens is 338 g/mol. The van der Waals surface area contributed by atoms with Crippen LogP contribution < -0.4 is 5.32 Å². The highest BCUT2D eigenvalue weighted by Gasteiger charge is 2.10. The van der Waals surface area contributed by atoms with Crippen LogP contribution in [-0.4, -0.2) is 33.4 Å². The highest BCUT2D eigenvalue weighted by Crippen LogP contribution is 2.28. The van der Waals surface area contributed by atoms with Crippen LogP contribution in [0.15, 0.2) is 32.9 Å². The van der Waals surface area contributed by atoms with E-state index in [1.807, 2.05) is 0 Å². The van der Waals surface area contributed by atoms with Gasteiger partial charge in [0.2, 0.25) is 5.91 Å². The highest BCUT2D eigenvalue weighted by molar-refractivity contribution is 8.03. The molecule has 0 aliphatic carbocycles. The molecule has 22 heavy (non-hydrogen) atoms. The van der Waals surface area contributed by atoms with E-state index in [-0.39, 0.29) is 11.7 Å². The lowest BCUT2D eigenvalue weighted by Gasteiger charge is -2.03. The molecule has 2 aromatic rings. The van der Waals surface area contributed by atoms with Crippen LogP contribution in [0.1, 0.15) is 24.2 Å². The summed E-state index contributed by atoms with van der Waals surface area (Å²) in [5.74, 6) is 1.18. The van der Waals surface area contributed by atoms with Gasteiger partial charge in [-0.15, -0.1) is 10.2 Å². The molecule has 0 aliphatic rings. The first-order chi connectivity index (χ1) is 10.6. The molecule has 8 heteroatoms. The van der Waals surface area contributed by atoms with Gasteiger partial charge in [0.1, 0.15) is 0 Å². The van der Waals surface area contributed by atoms with Crippen molar-refractivity contribution in [3.05, 3.63) is 29.8 Å². The maximum atomic E-state index is 12.1. The maximum Gasteiger partial charge on any atom is 0.221 e. The van der Waals surface area contributed by atoms with Gasteiger partial charge in [0, 0.05) is 18.2 Å². The number of aromatic nitrogens is 2. The van der Waals surface area contributed by atoms with E-state index < -0.39 is 0 Å². The second kappa shape index (κ2) is 8.30. The van der Waals surface area contributed by atoms with Gasteiger partial charge in [-0.2, -0.15) is 0 Å². The zero-order chi connectivity index (χ0) is 15.9.